The molecule has 0 aliphatic heterocycles. The Morgan fingerprint density at radius 2 is 1.83 bits per heavy atom. The average molecular weight is 429 g/mol. The maximum atomic E-state index is 12.5. The van der Waals surface area contributed by atoms with Crippen LogP contribution in [0.2, 0.25) is 0 Å². The molecule has 2 N–H and O–H groups in total. The first-order valence-corrected chi connectivity index (χ1v) is 10.1. The van der Waals surface area contributed by atoms with Gasteiger partial charge in [0.1, 0.15) is 0 Å². The molecule has 9 heteroatoms. The zero-order chi connectivity index (χ0) is 21.7. The fourth-order valence-corrected chi connectivity index (χ4v) is 3.58. The van der Waals surface area contributed by atoms with Crippen molar-refractivity contribution in [3.05, 3.63) is 41.5 Å². The number of nitrogens with zero attached hydrogens (tertiary/aromatic N) is 2. The molecule has 0 aliphatic rings. The first-order valence-electron chi connectivity index (χ1n) is 9.25. The number of carbonyl (C=O) groups excluding carboxylic acids is 1. The van der Waals surface area contributed by atoms with Crippen LogP contribution in [0.25, 0.3) is 11.0 Å². The van der Waals surface area contributed by atoms with Crippen LogP contribution >= 0.6 is 11.8 Å². The zero-order valence-corrected chi connectivity index (χ0v) is 18.3. The Morgan fingerprint density at radius 3 is 2.43 bits per heavy atom. The molecule has 1 heterocycles. The summed E-state index contributed by atoms with van der Waals surface area (Å²) in [5.74, 6) is 1.17. The van der Waals surface area contributed by atoms with Gasteiger partial charge in [-0.3, -0.25) is 4.79 Å². The number of benzene rings is 2. The third kappa shape index (κ3) is 4.85. The van der Waals surface area contributed by atoms with E-state index in [0.29, 0.717) is 33.6 Å². The molecule has 0 bridgehead atoms. The van der Waals surface area contributed by atoms with E-state index in [0.717, 1.165) is 16.2 Å². The van der Waals surface area contributed by atoms with E-state index in [1.165, 1.54) is 27.5 Å². The summed E-state index contributed by atoms with van der Waals surface area (Å²) in [4.78, 5) is 20.2. The number of hydrazone groups is 1. The largest absolute Gasteiger partial charge is 0.493 e. The predicted molar refractivity (Wildman–Crippen MR) is 118 cm³/mol. The van der Waals surface area contributed by atoms with Crippen LogP contribution in [0.3, 0.4) is 0 Å². The Kier molecular flexibility index (Phi) is 6.83. The summed E-state index contributed by atoms with van der Waals surface area (Å²) in [5.41, 5.74) is 5.32. The van der Waals surface area contributed by atoms with Gasteiger partial charge in [-0.25, -0.2) is 10.4 Å². The molecular weight excluding hydrogens is 404 g/mol. The number of hydrogen-bond acceptors (Lipinski definition) is 7. The van der Waals surface area contributed by atoms with E-state index in [1.807, 2.05) is 6.07 Å². The summed E-state index contributed by atoms with van der Waals surface area (Å²) >= 11 is 1.64. The number of imidazole rings is 1. The molecule has 2 aromatic carbocycles. The van der Waals surface area contributed by atoms with E-state index < -0.39 is 0 Å². The minimum Gasteiger partial charge on any atom is -0.493 e. The second-order valence-electron chi connectivity index (χ2n) is 6.60. The van der Waals surface area contributed by atoms with Crippen molar-refractivity contribution in [2.75, 3.05) is 21.3 Å². The van der Waals surface area contributed by atoms with Crippen molar-refractivity contribution < 1.29 is 19.0 Å². The summed E-state index contributed by atoms with van der Waals surface area (Å²) in [6.07, 6.45) is 1.51. The van der Waals surface area contributed by atoms with Gasteiger partial charge in [-0.2, -0.15) is 5.10 Å². The second-order valence-corrected chi connectivity index (χ2v) is 8.16. The molecule has 158 valence electrons. The molecule has 0 saturated carbocycles. The Bertz CT molecular complexity index is 1050. The van der Waals surface area contributed by atoms with Gasteiger partial charge in [-0.1, -0.05) is 25.6 Å². The summed E-state index contributed by atoms with van der Waals surface area (Å²) in [6.45, 7) is 4.20. The molecule has 0 atom stereocenters. The Morgan fingerprint density at radius 1 is 1.13 bits per heavy atom. The van der Waals surface area contributed by atoms with E-state index >= 15 is 0 Å². The minimum absolute atomic E-state index is 0.326. The summed E-state index contributed by atoms with van der Waals surface area (Å²) in [7, 11) is 4.61. The Balaban J connectivity index is 1.74. The smallest absolute Gasteiger partial charge is 0.271 e. The molecule has 0 fully saturated rings. The van der Waals surface area contributed by atoms with Gasteiger partial charge in [0.25, 0.3) is 5.91 Å². The van der Waals surface area contributed by atoms with E-state index in [2.05, 4.69) is 34.3 Å². The fourth-order valence-electron chi connectivity index (χ4n) is 2.81. The highest BCUT2D eigenvalue weighted by atomic mass is 32.2. The fraction of sp³-hybridized carbons (Fsp3) is 0.286. The van der Waals surface area contributed by atoms with Gasteiger partial charge in [-0.05, 0) is 30.3 Å². The predicted octanol–water partition coefficient (Wildman–Crippen LogP) is 3.85. The zero-order valence-electron chi connectivity index (χ0n) is 17.5. The highest BCUT2D eigenvalue weighted by Gasteiger charge is 2.13. The van der Waals surface area contributed by atoms with Crippen molar-refractivity contribution in [3.8, 4) is 17.2 Å². The third-order valence-electron chi connectivity index (χ3n) is 4.14. The maximum Gasteiger partial charge on any atom is 0.271 e. The topological polar surface area (TPSA) is 97.8 Å². The van der Waals surface area contributed by atoms with Crippen LogP contribution < -0.4 is 19.6 Å². The van der Waals surface area contributed by atoms with Gasteiger partial charge in [0.2, 0.25) is 5.75 Å². The van der Waals surface area contributed by atoms with Crippen molar-refractivity contribution >= 4 is 34.9 Å². The molecule has 0 radical (unpaired) electrons. The number of methoxy groups -OCH3 is 3. The van der Waals surface area contributed by atoms with E-state index in [4.69, 9.17) is 14.2 Å². The SMILES string of the molecule is COc1cc(/C=N\NC(=O)c2ccc3nc(SC(C)C)[nH]c3c2)cc(OC)c1OC. The van der Waals surface area contributed by atoms with Crippen LogP contribution in [0.15, 0.2) is 40.6 Å². The van der Waals surface area contributed by atoms with Crippen LogP contribution in [0.5, 0.6) is 17.2 Å². The Labute approximate surface area is 179 Å². The normalized spacial score (nSPS) is 11.3. The number of amides is 1. The maximum absolute atomic E-state index is 12.5. The van der Waals surface area contributed by atoms with Crippen LogP contribution in [0, 0.1) is 0 Å². The highest BCUT2D eigenvalue weighted by Crippen LogP contribution is 2.37. The average Bonchev–Trinajstić information content (AvgIpc) is 3.13. The quantitative estimate of drug-likeness (QED) is 0.321. The van der Waals surface area contributed by atoms with Gasteiger partial charge in [0, 0.05) is 16.4 Å². The number of fused-ring (bicyclic) bond motifs is 1. The number of nitrogens with one attached hydrogen (secondary N) is 2. The molecular formula is C21H24N4O4S. The standard InChI is InChI=1S/C21H24N4O4S/c1-12(2)30-21-23-15-7-6-14(10-16(15)24-21)20(26)25-22-11-13-8-17(27-3)19(29-5)18(9-13)28-4/h6-12H,1-5H3,(H,23,24)(H,25,26)/b22-11-. The van der Waals surface area contributed by atoms with Gasteiger partial charge < -0.3 is 19.2 Å². The molecule has 0 saturated heterocycles. The molecule has 0 aliphatic carbocycles. The highest BCUT2D eigenvalue weighted by molar-refractivity contribution is 7.99. The van der Waals surface area contributed by atoms with Crippen molar-refractivity contribution in [3.63, 3.8) is 0 Å². The minimum atomic E-state index is -0.326. The van der Waals surface area contributed by atoms with Gasteiger partial charge in [0.15, 0.2) is 16.7 Å². The number of H-pyrrole nitrogens is 1. The monoisotopic (exact) mass is 428 g/mol. The number of aromatic nitrogens is 2. The summed E-state index contributed by atoms with van der Waals surface area (Å²) in [6, 6.07) is 8.77. The second kappa shape index (κ2) is 9.53. The summed E-state index contributed by atoms with van der Waals surface area (Å²) in [5, 5.41) is 5.29. The summed E-state index contributed by atoms with van der Waals surface area (Å²) < 4.78 is 15.9. The van der Waals surface area contributed by atoms with Crippen LogP contribution in [-0.2, 0) is 0 Å². The van der Waals surface area contributed by atoms with E-state index in [9.17, 15) is 4.79 Å². The van der Waals surface area contributed by atoms with Crippen molar-refractivity contribution in [1.82, 2.24) is 15.4 Å². The van der Waals surface area contributed by atoms with Crippen LogP contribution in [-0.4, -0.2) is 48.7 Å². The van der Waals surface area contributed by atoms with Crippen molar-refractivity contribution in [2.24, 2.45) is 5.10 Å². The number of aromatic amines is 1. The number of ether oxygens (including phenoxy) is 3. The number of carbonyl (C=O) groups is 1. The molecule has 0 spiro atoms. The number of rotatable bonds is 8. The van der Waals surface area contributed by atoms with Gasteiger partial charge in [0.05, 0.1) is 38.6 Å². The molecule has 1 aromatic heterocycles. The molecule has 3 aromatic rings. The lowest BCUT2D eigenvalue weighted by atomic mass is 10.2. The first-order chi connectivity index (χ1) is 14.4. The lowest BCUT2D eigenvalue weighted by molar-refractivity contribution is 0.0955. The van der Waals surface area contributed by atoms with Crippen molar-refractivity contribution in [1.29, 1.82) is 0 Å². The van der Waals surface area contributed by atoms with Crippen LogP contribution in [0.1, 0.15) is 29.8 Å². The lowest BCUT2D eigenvalue weighted by Gasteiger charge is -2.12. The molecule has 0 unspecified atom stereocenters. The van der Waals surface area contributed by atoms with Crippen molar-refractivity contribution in [2.45, 2.75) is 24.3 Å². The molecule has 8 nitrogen and oxygen atoms in total. The molecule has 30 heavy (non-hydrogen) atoms. The molecule has 3 rings (SSSR count). The lowest BCUT2D eigenvalue weighted by Crippen LogP contribution is -2.17. The number of hydrogen-bond donors (Lipinski definition) is 2. The first kappa shape index (κ1) is 21.5. The van der Waals surface area contributed by atoms with E-state index in [1.54, 1.807) is 36.0 Å². The van der Waals surface area contributed by atoms with E-state index in [-0.39, 0.29) is 5.91 Å². The van der Waals surface area contributed by atoms with Gasteiger partial charge >= 0.3 is 0 Å². The molecule has 1 amide bonds. The number of thioether (sulfide) groups is 1. The van der Waals surface area contributed by atoms with Crippen LogP contribution in [0.4, 0.5) is 0 Å². The third-order valence-corrected chi connectivity index (χ3v) is 5.02. The van der Waals surface area contributed by atoms with Gasteiger partial charge in [-0.15, -0.1) is 0 Å². The Hall–Kier alpha value is -3.20.